The summed E-state index contributed by atoms with van der Waals surface area (Å²) in [6, 6.07) is 3.93. The monoisotopic (exact) mass is 229 g/mol. The number of Topliss-reactive ketones (excluding diaryl/α,β-unsaturated/α-hetero) is 1. The summed E-state index contributed by atoms with van der Waals surface area (Å²) in [5.74, 6) is -0.955. The number of hydrogen-bond donors (Lipinski definition) is 2. The van der Waals surface area contributed by atoms with Crippen molar-refractivity contribution in [2.24, 2.45) is 5.73 Å². The Balaban J connectivity index is 3.54. The van der Waals surface area contributed by atoms with E-state index >= 15 is 0 Å². The summed E-state index contributed by atoms with van der Waals surface area (Å²) in [5.41, 5.74) is 5.07. The summed E-state index contributed by atoms with van der Waals surface area (Å²) in [4.78, 5) is 11.0. The summed E-state index contributed by atoms with van der Waals surface area (Å²) < 4.78 is 22.7. The lowest BCUT2D eigenvalue weighted by Crippen LogP contribution is -2.17. The van der Waals surface area contributed by atoms with Gasteiger partial charge >= 0.3 is 0 Å². The van der Waals surface area contributed by atoms with E-state index in [1.54, 1.807) is 0 Å². The second kappa shape index (κ2) is 4.00. The maximum Gasteiger partial charge on any atom is 0.179 e. The molecule has 0 aliphatic heterocycles. The van der Waals surface area contributed by atoms with Crippen LogP contribution in [0.25, 0.3) is 0 Å². The number of rotatable bonds is 3. The molecule has 0 bridgehead atoms. The molecule has 82 valence electrons. The second-order valence-electron chi connectivity index (χ2n) is 3.05. The van der Waals surface area contributed by atoms with E-state index in [2.05, 4.69) is 0 Å². The molecule has 0 aromatic heterocycles. The van der Waals surface area contributed by atoms with Gasteiger partial charge in [-0.3, -0.25) is 4.79 Å². The van der Waals surface area contributed by atoms with Crippen LogP contribution in [0.15, 0.2) is 23.1 Å². The van der Waals surface area contributed by atoms with Crippen LogP contribution in [0.5, 0.6) is 5.75 Å². The summed E-state index contributed by atoms with van der Waals surface area (Å²) in [7, 11) is -3.65. The quantitative estimate of drug-likeness (QED) is 0.707. The first-order valence-corrected chi connectivity index (χ1v) is 6.02. The van der Waals surface area contributed by atoms with Gasteiger partial charge in [0.2, 0.25) is 0 Å². The molecule has 1 rings (SSSR count). The number of carbonyl (C=O) groups excluding carboxylic acids is 1. The van der Waals surface area contributed by atoms with Gasteiger partial charge in [0.25, 0.3) is 0 Å². The molecule has 0 aliphatic carbocycles. The smallest absolute Gasteiger partial charge is 0.179 e. The number of aromatic hydroxyl groups is 1. The highest BCUT2D eigenvalue weighted by molar-refractivity contribution is 7.90. The van der Waals surface area contributed by atoms with E-state index < -0.39 is 21.4 Å². The molecule has 3 N–H and O–H groups in total. The molecule has 0 spiro atoms. The Morgan fingerprint density at radius 2 is 2.07 bits per heavy atom. The van der Waals surface area contributed by atoms with Crippen LogP contribution in [0.3, 0.4) is 0 Å². The minimum absolute atomic E-state index is 0.0694. The minimum Gasteiger partial charge on any atom is -0.507 e. The lowest BCUT2D eigenvalue weighted by molar-refractivity contribution is 0.0997. The SMILES string of the molecule is CS(=O)(=O)c1c(O)cccc1C(=O)CN. The first-order valence-electron chi connectivity index (χ1n) is 4.13. The summed E-state index contributed by atoms with van der Waals surface area (Å²) >= 11 is 0. The summed E-state index contributed by atoms with van der Waals surface area (Å²) in [6.07, 6.45) is 0.926. The molecule has 0 fully saturated rings. The number of nitrogens with two attached hydrogens (primary N) is 1. The van der Waals surface area contributed by atoms with E-state index in [9.17, 15) is 18.3 Å². The Bertz CT molecular complexity index is 493. The van der Waals surface area contributed by atoms with Gasteiger partial charge in [0.05, 0.1) is 6.54 Å². The maximum atomic E-state index is 11.3. The van der Waals surface area contributed by atoms with Crippen molar-refractivity contribution < 1.29 is 18.3 Å². The average Bonchev–Trinajstić information content (AvgIpc) is 2.14. The molecule has 0 aliphatic rings. The van der Waals surface area contributed by atoms with Crippen LogP contribution in [-0.2, 0) is 9.84 Å². The van der Waals surface area contributed by atoms with Crippen LogP contribution in [0.2, 0.25) is 0 Å². The van der Waals surface area contributed by atoms with Gasteiger partial charge in [-0.25, -0.2) is 8.42 Å². The predicted octanol–water partition coefficient (Wildman–Crippen LogP) is -0.0629. The van der Waals surface area contributed by atoms with E-state index in [0.29, 0.717) is 0 Å². The molecule has 0 amide bonds. The molecule has 15 heavy (non-hydrogen) atoms. The zero-order valence-electron chi connectivity index (χ0n) is 8.10. The lowest BCUT2D eigenvalue weighted by atomic mass is 10.1. The van der Waals surface area contributed by atoms with Gasteiger partial charge in [0.15, 0.2) is 15.6 Å². The van der Waals surface area contributed by atoms with Gasteiger partial charge in [-0.05, 0) is 12.1 Å². The van der Waals surface area contributed by atoms with Gasteiger partial charge in [-0.1, -0.05) is 6.07 Å². The first kappa shape index (κ1) is 11.7. The van der Waals surface area contributed by atoms with Crippen LogP contribution >= 0.6 is 0 Å². The van der Waals surface area contributed by atoms with Crippen molar-refractivity contribution in [2.45, 2.75) is 4.90 Å². The molecular weight excluding hydrogens is 218 g/mol. The number of phenols is 1. The van der Waals surface area contributed by atoms with Crippen molar-refractivity contribution >= 4 is 15.6 Å². The van der Waals surface area contributed by atoms with Crippen molar-refractivity contribution in [1.29, 1.82) is 0 Å². The van der Waals surface area contributed by atoms with Gasteiger partial charge in [0.1, 0.15) is 10.6 Å². The largest absolute Gasteiger partial charge is 0.507 e. The van der Waals surface area contributed by atoms with Gasteiger partial charge in [-0.15, -0.1) is 0 Å². The maximum absolute atomic E-state index is 11.3. The highest BCUT2D eigenvalue weighted by atomic mass is 32.2. The average molecular weight is 229 g/mol. The zero-order chi connectivity index (χ0) is 11.6. The van der Waals surface area contributed by atoms with Crippen LogP contribution in [0.1, 0.15) is 10.4 Å². The molecular formula is C9H11NO4S. The Morgan fingerprint density at radius 1 is 1.47 bits per heavy atom. The Morgan fingerprint density at radius 3 is 2.53 bits per heavy atom. The van der Waals surface area contributed by atoms with Crippen molar-refractivity contribution in [1.82, 2.24) is 0 Å². The Kier molecular flexibility index (Phi) is 3.11. The van der Waals surface area contributed by atoms with E-state index in [1.807, 2.05) is 0 Å². The van der Waals surface area contributed by atoms with Crippen molar-refractivity contribution in [3.8, 4) is 5.75 Å². The molecule has 0 saturated heterocycles. The van der Waals surface area contributed by atoms with E-state index in [0.717, 1.165) is 6.26 Å². The summed E-state index contributed by atoms with van der Waals surface area (Å²) in [5, 5.41) is 9.40. The summed E-state index contributed by atoms with van der Waals surface area (Å²) in [6.45, 7) is -0.300. The third-order valence-corrected chi connectivity index (χ3v) is 3.02. The fourth-order valence-electron chi connectivity index (χ4n) is 1.24. The fraction of sp³-hybridized carbons (Fsp3) is 0.222. The van der Waals surface area contributed by atoms with E-state index in [1.165, 1.54) is 18.2 Å². The van der Waals surface area contributed by atoms with Crippen LogP contribution < -0.4 is 5.73 Å². The number of benzene rings is 1. The van der Waals surface area contributed by atoms with Crippen LogP contribution in [0.4, 0.5) is 0 Å². The second-order valence-corrected chi connectivity index (χ2v) is 5.01. The normalized spacial score (nSPS) is 11.3. The Labute approximate surface area is 87.4 Å². The Hall–Kier alpha value is -1.40. The molecule has 1 aromatic carbocycles. The van der Waals surface area contributed by atoms with E-state index in [-0.39, 0.29) is 17.0 Å². The van der Waals surface area contributed by atoms with Gasteiger partial charge in [-0.2, -0.15) is 0 Å². The highest BCUT2D eigenvalue weighted by Crippen LogP contribution is 2.26. The predicted molar refractivity (Wildman–Crippen MR) is 54.6 cm³/mol. The molecule has 0 saturated carbocycles. The number of carbonyl (C=O) groups is 1. The third-order valence-electron chi connectivity index (χ3n) is 1.85. The lowest BCUT2D eigenvalue weighted by Gasteiger charge is -2.07. The molecule has 0 heterocycles. The number of hydrogen-bond acceptors (Lipinski definition) is 5. The number of phenolic OH excluding ortho intramolecular Hbond substituents is 1. The molecule has 6 heteroatoms. The molecule has 5 nitrogen and oxygen atoms in total. The van der Waals surface area contributed by atoms with Crippen molar-refractivity contribution in [2.75, 3.05) is 12.8 Å². The molecule has 0 atom stereocenters. The number of ketones is 1. The highest BCUT2D eigenvalue weighted by Gasteiger charge is 2.21. The molecule has 1 aromatic rings. The van der Waals surface area contributed by atoms with Crippen molar-refractivity contribution in [3.63, 3.8) is 0 Å². The standard InChI is InChI=1S/C9H11NO4S/c1-15(13,14)9-6(8(12)5-10)3-2-4-7(9)11/h2-4,11H,5,10H2,1H3. The fourth-order valence-corrected chi connectivity index (χ4v) is 2.27. The minimum atomic E-state index is -3.65. The zero-order valence-corrected chi connectivity index (χ0v) is 8.91. The molecule has 0 unspecified atom stereocenters. The van der Waals surface area contributed by atoms with Crippen LogP contribution in [0, 0.1) is 0 Å². The van der Waals surface area contributed by atoms with Crippen molar-refractivity contribution in [3.05, 3.63) is 23.8 Å². The van der Waals surface area contributed by atoms with Crippen LogP contribution in [-0.4, -0.2) is 32.1 Å². The van der Waals surface area contributed by atoms with Gasteiger partial charge < -0.3 is 10.8 Å². The third kappa shape index (κ3) is 2.34. The van der Waals surface area contributed by atoms with Gasteiger partial charge in [0, 0.05) is 11.8 Å². The first-order chi connectivity index (χ1) is 6.88. The van der Waals surface area contributed by atoms with E-state index in [4.69, 9.17) is 5.73 Å². The number of sulfone groups is 1. The molecule has 0 radical (unpaired) electrons. The topological polar surface area (TPSA) is 97.5 Å².